The van der Waals surface area contributed by atoms with Gasteiger partial charge in [0.25, 0.3) is 0 Å². The summed E-state index contributed by atoms with van der Waals surface area (Å²) >= 11 is 0. The number of hydrogen-bond donors (Lipinski definition) is 1. The molecule has 3 nitrogen and oxygen atoms in total. The molecule has 1 aliphatic rings. The fourth-order valence-electron chi connectivity index (χ4n) is 3.21. The molecule has 0 spiro atoms. The third-order valence-corrected chi connectivity index (χ3v) is 4.12. The molecule has 0 bridgehead atoms. The SMILES string of the molecule is Cc1cccc2nc(C3CCNC(C)C3)n(C)c12. The number of para-hydroxylation sites is 1. The smallest absolute Gasteiger partial charge is 0.112 e. The summed E-state index contributed by atoms with van der Waals surface area (Å²) in [6.07, 6.45) is 2.39. The minimum absolute atomic E-state index is 0.595. The number of piperidine rings is 1. The minimum atomic E-state index is 0.595. The summed E-state index contributed by atoms with van der Waals surface area (Å²) in [5.41, 5.74) is 3.74. The van der Waals surface area contributed by atoms with Crippen molar-refractivity contribution in [3.05, 3.63) is 29.6 Å². The van der Waals surface area contributed by atoms with Crippen molar-refractivity contribution in [2.24, 2.45) is 7.05 Å². The number of benzene rings is 1. The number of imidazole rings is 1. The molecule has 1 fully saturated rings. The quantitative estimate of drug-likeness (QED) is 0.834. The number of aryl methyl sites for hydroxylation is 2. The Hall–Kier alpha value is -1.35. The molecule has 1 N–H and O–H groups in total. The third-order valence-electron chi connectivity index (χ3n) is 4.12. The van der Waals surface area contributed by atoms with Gasteiger partial charge in [0, 0.05) is 19.0 Å². The average Bonchev–Trinajstić information content (AvgIpc) is 2.68. The molecule has 0 radical (unpaired) electrons. The van der Waals surface area contributed by atoms with Crippen LogP contribution in [-0.4, -0.2) is 22.1 Å². The lowest BCUT2D eigenvalue weighted by Crippen LogP contribution is -2.35. The van der Waals surface area contributed by atoms with E-state index in [-0.39, 0.29) is 0 Å². The molecule has 96 valence electrons. The lowest BCUT2D eigenvalue weighted by molar-refractivity contribution is 0.367. The van der Waals surface area contributed by atoms with Crippen molar-refractivity contribution in [3.63, 3.8) is 0 Å². The molecule has 0 saturated carbocycles. The third kappa shape index (κ3) is 1.83. The molecule has 3 rings (SSSR count). The standard InChI is InChI=1S/C15H21N3/c1-10-5-4-6-13-14(10)18(3)15(17-13)12-7-8-16-11(2)9-12/h4-6,11-12,16H,7-9H2,1-3H3. The topological polar surface area (TPSA) is 29.9 Å². The highest BCUT2D eigenvalue weighted by atomic mass is 15.1. The number of rotatable bonds is 1. The van der Waals surface area contributed by atoms with E-state index in [0.717, 1.165) is 12.1 Å². The normalized spacial score (nSPS) is 24.6. The Kier molecular flexibility index (Phi) is 2.86. The van der Waals surface area contributed by atoms with Crippen molar-refractivity contribution in [1.82, 2.24) is 14.9 Å². The van der Waals surface area contributed by atoms with E-state index in [0.29, 0.717) is 12.0 Å². The Bertz CT molecular complexity index is 570. The highest BCUT2D eigenvalue weighted by molar-refractivity contribution is 5.79. The molecule has 2 unspecified atom stereocenters. The Labute approximate surface area is 108 Å². The zero-order valence-corrected chi connectivity index (χ0v) is 11.4. The van der Waals surface area contributed by atoms with E-state index >= 15 is 0 Å². The number of hydrogen-bond acceptors (Lipinski definition) is 2. The van der Waals surface area contributed by atoms with Gasteiger partial charge in [0.1, 0.15) is 5.82 Å². The molecule has 2 heterocycles. The van der Waals surface area contributed by atoms with Crippen molar-refractivity contribution in [3.8, 4) is 0 Å². The second kappa shape index (κ2) is 4.39. The van der Waals surface area contributed by atoms with Crippen LogP contribution in [0.2, 0.25) is 0 Å². The van der Waals surface area contributed by atoms with Gasteiger partial charge in [0.15, 0.2) is 0 Å². The molecule has 2 atom stereocenters. The molecule has 1 aromatic carbocycles. The largest absolute Gasteiger partial charge is 0.331 e. The zero-order chi connectivity index (χ0) is 12.7. The molecule has 3 heteroatoms. The van der Waals surface area contributed by atoms with Gasteiger partial charge in [-0.05, 0) is 44.9 Å². The molecule has 0 amide bonds. The van der Waals surface area contributed by atoms with Crippen LogP contribution in [0.1, 0.15) is 37.1 Å². The summed E-state index contributed by atoms with van der Waals surface area (Å²) < 4.78 is 2.30. The monoisotopic (exact) mass is 243 g/mol. The lowest BCUT2D eigenvalue weighted by Gasteiger charge is -2.27. The maximum Gasteiger partial charge on any atom is 0.112 e. The van der Waals surface area contributed by atoms with Crippen LogP contribution < -0.4 is 5.32 Å². The van der Waals surface area contributed by atoms with Crippen LogP contribution in [0.25, 0.3) is 11.0 Å². The van der Waals surface area contributed by atoms with Gasteiger partial charge in [-0.15, -0.1) is 0 Å². The van der Waals surface area contributed by atoms with E-state index in [1.54, 1.807) is 0 Å². The molecule has 2 aromatic rings. The van der Waals surface area contributed by atoms with Crippen molar-refractivity contribution in [2.45, 2.75) is 38.6 Å². The Balaban J connectivity index is 2.07. The van der Waals surface area contributed by atoms with Crippen molar-refractivity contribution >= 4 is 11.0 Å². The summed E-state index contributed by atoms with van der Waals surface area (Å²) in [4.78, 5) is 4.87. The number of nitrogens with one attached hydrogen (secondary N) is 1. The van der Waals surface area contributed by atoms with Crippen LogP contribution in [0.15, 0.2) is 18.2 Å². The van der Waals surface area contributed by atoms with Gasteiger partial charge in [0.05, 0.1) is 11.0 Å². The van der Waals surface area contributed by atoms with E-state index in [9.17, 15) is 0 Å². The molecule has 1 aromatic heterocycles. The first kappa shape index (κ1) is 11.7. The fourth-order valence-corrected chi connectivity index (χ4v) is 3.21. The lowest BCUT2D eigenvalue weighted by atomic mass is 9.92. The van der Waals surface area contributed by atoms with E-state index in [1.165, 1.54) is 29.7 Å². The second-order valence-corrected chi connectivity index (χ2v) is 5.55. The van der Waals surface area contributed by atoms with Crippen LogP contribution in [0.4, 0.5) is 0 Å². The first-order valence-corrected chi connectivity index (χ1v) is 6.82. The number of aromatic nitrogens is 2. The van der Waals surface area contributed by atoms with Gasteiger partial charge in [-0.3, -0.25) is 0 Å². The Morgan fingerprint density at radius 1 is 1.39 bits per heavy atom. The van der Waals surface area contributed by atoms with E-state index in [4.69, 9.17) is 4.98 Å². The Morgan fingerprint density at radius 2 is 2.22 bits per heavy atom. The summed E-state index contributed by atoms with van der Waals surface area (Å²) in [5.74, 6) is 1.85. The minimum Gasteiger partial charge on any atom is -0.331 e. The van der Waals surface area contributed by atoms with Gasteiger partial charge in [-0.2, -0.15) is 0 Å². The van der Waals surface area contributed by atoms with Crippen molar-refractivity contribution in [2.75, 3.05) is 6.54 Å². The maximum atomic E-state index is 4.87. The van der Waals surface area contributed by atoms with Gasteiger partial charge >= 0.3 is 0 Å². The van der Waals surface area contributed by atoms with Crippen LogP contribution in [0.3, 0.4) is 0 Å². The highest BCUT2D eigenvalue weighted by Crippen LogP contribution is 2.30. The first-order chi connectivity index (χ1) is 8.66. The first-order valence-electron chi connectivity index (χ1n) is 6.82. The van der Waals surface area contributed by atoms with Gasteiger partial charge in [-0.25, -0.2) is 4.98 Å². The Morgan fingerprint density at radius 3 is 2.94 bits per heavy atom. The molecule has 0 aliphatic carbocycles. The summed E-state index contributed by atoms with van der Waals surface area (Å²) in [6, 6.07) is 6.99. The zero-order valence-electron chi connectivity index (χ0n) is 11.4. The van der Waals surface area contributed by atoms with E-state index < -0.39 is 0 Å². The van der Waals surface area contributed by atoms with Crippen LogP contribution in [0, 0.1) is 6.92 Å². The fraction of sp³-hybridized carbons (Fsp3) is 0.533. The van der Waals surface area contributed by atoms with E-state index in [2.05, 4.69) is 49.0 Å². The highest BCUT2D eigenvalue weighted by Gasteiger charge is 2.24. The molecule has 1 aliphatic heterocycles. The van der Waals surface area contributed by atoms with Crippen LogP contribution in [0.5, 0.6) is 0 Å². The second-order valence-electron chi connectivity index (χ2n) is 5.55. The van der Waals surface area contributed by atoms with Crippen molar-refractivity contribution in [1.29, 1.82) is 0 Å². The molecular weight excluding hydrogens is 222 g/mol. The van der Waals surface area contributed by atoms with Crippen LogP contribution in [-0.2, 0) is 7.05 Å². The number of fused-ring (bicyclic) bond motifs is 1. The van der Waals surface area contributed by atoms with Gasteiger partial charge in [0.2, 0.25) is 0 Å². The average molecular weight is 243 g/mol. The maximum absolute atomic E-state index is 4.87. The van der Waals surface area contributed by atoms with Gasteiger partial charge in [-0.1, -0.05) is 12.1 Å². The molecule has 18 heavy (non-hydrogen) atoms. The summed E-state index contributed by atoms with van der Waals surface area (Å²) in [5, 5.41) is 3.51. The van der Waals surface area contributed by atoms with Gasteiger partial charge < -0.3 is 9.88 Å². The summed E-state index contributed by atoms with van der Waals surface area (Å²) in [6.45, 7) is 5.53. The van der Waals surface area contributed by atoms with Crippen LogP contribution >= 0.6 is 0 Å². The number of nitrogens with zero attached hydrogens (tertiary/aromatic N) is 2. The summed E-state index contributed by atoms with van der Waals surface area (Å²) in [7, 11) is 2.16. The predicted octanol–water partition coefficient (Wildman–Crippen LogP) is 2.74. The molecule has 1 saturated heterocycles. The van der Waals surface area contributed by atoms with E-state index in [1.807, 2.05) is 0 Å². The predicted molar refractivity (Wildman–Crippen MR) is 74.9 cm³/mol. The molecular formula is C15H21N3. The van der Waals surface area contributed by atoms with Crippen molar-refractivity contribution < 1.29 is 0 Å².